The second-order valence-electron chi connectivity index (χ2n) is 14.4. The predicted molar refractivity (Wildman–Crippen MR) is 242 cm³/mol. The minimum atomic E-state index is 0.577. The van der Waals surface area contributed by atoms with Gasteiger partial charge in [0.25, 0.3) is 0 Å². The van der Waals surface area contributed by atoms with Gasteiger partial charge in [-0.05, 0) is 76.9 Å². The Morgan fingerprint density at radius 1 is 0.167 bits per heavy atom. The Morgan fingerprint density at radius 2 is 0.450 bits per heavy atom. The highest BCUT2D eigenvalue weighted by molar-refractivity contribution is 5.79. The van der Waals surface area contributed by atoms with Crippen molar-refractivity contribution in [1.82, 2.24) is 29.9 Å². The van der Waals surface area contributed by atoms with Crippen molar-refractivity contribution in [2.45, 2.75) is 0 Å². The van der Waals surface area contributed by atoms with Gasteiger partial charge in [-0.15, -0.1) is 0 Å². The van der Waals surface area contributed by atoms with E-state index < -0.39 is 0 Å². The molecule has 0 saturated carbocycles. The molecule has 5 aromatic carbocycles. The van der Waals surface area contributed by atoms with E-state index in [1.54, 1.807) is 0 Å². The van der Waals surface area contributed by atoms with Gasteiger partial charge < -0.3 is 0 Å². The maximum Gasteiger partial charge on any atom is 0.160 e. The Bertz CT molecular complexity index is 2760. The molecule has 10 rings (SSSR count). The lowest BCUT2D eigenvalue weighted by Crippen LogP contribution is -2.00. The SMILES string of the molecule is c1ccc(-c2cc(-c3ccccc3)nc(-c3cccc(-c4cc(-c5cccc(-c6cc(-c7ccccc7)cc(-c7ccccc7)n6)n5)nc(-c5ccccc5)n4)n3)c2)cc1. The van der Waals surface area contributed by atoms with Crippen LogP contribution in [0.4, 0.5) is 0 Å². The van der Waals surface area contributed by atoms with Crippen molar-refractivity contribution >= 4 is 0 Å². The summed E-state index contributed by atoms with van der Waals surface area (Å²) in [5.41, 5.74) is 14.8. The highest BCUT2D eigenvalue weighted by atomic mass is 14.9. The van der Waals surface area contributed by atoms with Gasteiger partial charge >= 0.3 is 0 Å². The lowest BCUT2D eigenvalue weighted by Gasteiger charge is -2.12. The molecule has 0 N–H and O–H groups in total. The molecule has 0 spiro atoms. The highest BCUT2D eigenvalue weighted by Gasteiger charge is 2.17. The van der Waals surface area contributed by atoms with Gasteiger partial charge in [0, 0.05) is 16.7 Å². The first kappa shape index (κ1) is 36.1. The molecular weight excluding hydrogens is 733 g/mol. The van der Waals surface area contributed by atoms with Gasteiger partial charge in [0.1, 0.15) is 0 Å². The summed E-state index contributed by atoms with van der Waals surface area (Å²) in [7, 11) is 0. The van der Waals surface area contributed by atoms with Crippen LogP contribution in [0.3, 0.4) is 0 Å². The molecule has 10 aromatic rings. The van der Waals surface area contributed by atoms with E-state index in [-0.39, 0.29) is 0 Å². The van der Waals surface area contributed by atoms with E-state index in [1.807, 2.05) is 121 Å². The van der Waals surface area contributed by atoms with Gasteiger partial charge in [0.05, 0.1) is 56.9 Å². The quantitative estimate of drug-likeness (QED) is 0.145. The Morgan fingerprint density at radius 3 is 0.817 bits per heavy atom. The van der Waals surface area contributed by atoms with Crippen LogP contribution in [0.15, 0.2) is 218 Å². The minimum Gasteiger partial charge on any atom is -0.246 e. The number of hydrogen-bond donors (Lipinski definition) is 0. The van der Waals surface area contributed by atoms with E-state index in [0.29, 0.717) is 28.6 Å². The average Bonchev–Trinajstić information content (AvgIpc) is 3.35. The Balaban J connectivity index is 1.09. The van der Waals surface area contributed by atoms with Crippen LogP contribution in [0.2, 0.25) is 0 Å². The third-order valence-corrected chi connectivity index (χ3v) is 10.3. The van der Waals surface area contributed by atoms with Crippen molar-refractivity contribution in [3.05, 3.63) is 218 Å². The Kier molecular flexibility index (Phi) is 9.84. The van der Waals surface area contributed by atoms with E-state index in [4.69, 9.17) is 29.9 Å². The van der Waals surface area contributed by atoms with Crippen LogP contribution in [0.5, 0.6) is 0 Å². The van der Waals surface area contributed by atoms with Gasteiger partial charge in [-0.3, -0.25) is 0 Å². The number of aromatic nitrogens is 6. The van der Waals surface area contributed by atoms with E-state index in [9.17, 15) is 0 Å². The first-order valence-electron chi connectivity index (χ1n) is 19.9. The molecule has 5 aromatic heterocycles. The number of hydrogen-bond acceptors (Lipinski definition) is 6. The number of nitrogens with zero attached hydrogens (tertiary/aromatic N) is 6. The van der Waals surface area contributed by atoms with Gasteiger partial charge in [0.15, 0.2) is 5.82 Å². The maximum atomic E-state index is 5.21. The second kappa shape index (κ2) is 16.3. The molecule has 0 aliphatic rings. The molecule has 0 amide bonds. The number of pyridine rings is 4. The fraction of sp³-hybridized carbons (Fsp3) is 0. The number of rotatable bonds is 9. The standard InChI is InChI=1S/C54H36N6/c1-6-18-37(19-7-1)42-32-48(39-22-10-3-11-23-39)57-50(34-42)44-28-16-30-46(55-44)52-36-53(60-54(59-52)41-26-14-5-15-27-41)47-31-17-29-45(56-47)51-35-43(38-20-8-2-9-21-38)33-49(58-51)40-24-12-4-13-25-40/h1-36H. The van der Waals surface area contributed by atoms with Gasteiger partial charge in [-0.25, -0.2) is 29.9 Å². The van der Waals surface area contributed by atoms with Gasteiger partial charge in [-0.1, -0.05) is 164 Å². The molecule has 0 fully saturated rings. The van der Waals surface area contributed by atoms with Crippen LogP contribution in [0.25, 0.3) is 102 Å². The molecular formula is C54H36N6. The fourth-order valence-corrected chi connectivity index (χ4v) is 7.30. The van der Waals surface area contributed by atoms with Crippen molar-refractivity contribution < 1.29 is 0 Å². The molecule has 0 unspecified atom stereocenters. The lowest BCUT2D eigenvalue weighted by atomic mass is 10.0. The highest BCUT2D eigenvalue weighted by Crippen LogP contribution is 2.34. The molecule has 282 valence electrons. The minimum absolute atomic E-state index is 0.577. The summed E-state index contributed by atoms with van der Waals surface area (Å²) in [5, 5.41) is 0. The van der Waals surface area contributed by atoms with Crippen LogP contribution < -0.4 is 0 Å². The molecule has 6 heteroatoms. The molecule has 60 heavy (non-hydrogen) atoms. The van der Waals surface area contributed by atoms with Crippen LogP contribution in [0, 0.1) is 0 Å². The molecule has 5 heterocycles. The summed E-state index contributed by atoms with van der Waals surface area (Å²) in [6, 6.07) is 73.7. The first-order chi connectivity index (χ1) is 29.7. The van der Waals surface area contributed by atoms with E-state index in [0.717, 1.165) is 73.1 Å². The van der Waals surface area contributed by atoms with Crippen LogP contribution in [0.1, 0.15) is 0 Å². The fourth-order valence-electron chi connectivity index (χ4n) is 7.30. The van der Waals surface area contributed by atoms with E-state index >= 15 is 0 Å². The lowest BCUT2D eigenvalue weighted by molar-refractivity contribution is 1.14. The van der Waals surface area contributed by atoms with Gasteiger partial charge in [-0.2, -0.15) is 0 Å². The summed E-state index contributed by atoms with van der Waals surface area (Å²) in [4.78, 5) is 30.9. The van der Waals surface area contributed by atoms with Crippen molar-refractivity contribution in [2.75, 3.05) is 0 Å². The topological polar surface area (TPSA) is 77.3 Å². The second-order valence-corrected chi connectivity index (χ2v) is 14.4. The summed E-state index contributed by atoms with van der Waals surface area (Å²) < 4.78 is 0. The molecule has 6 nitrogen and oxygen atoms in total. The Hall–Kier alpha value is -8.22. The monoisotopic (exact) mass is 768 g/mol. The summed E-state index contributed by atoms with van der Waals surface area (Å²) in [5.74, 6) is 0.577. The van der Waals surface area contributed by atoms with Crippen LogP contribution >= 0.6 is 0 Å². The van der Waals surface area contributed by atoms with E-state index in [1.165, 1.54) is 0 Å². The molecule has 0 atom stereocenters. The third kappa shape index (κ3) is 7.73. The zero-order valence-electron chi connectivity index (χ0n) is 32.5. The summed E-state index contributed by atoms with van der Waals surface area (Å²) in [6.07, 6.45) is 0. The normalized spacial score (nSPS) is 11.0. The molecule has 0 aliphatic heterocycles. The molecule has 0 radical (unpaired) electrons. The first-order valence-corrected chi connectivity index (χ1v) is 19.9. The van der Waals surface area contributed by atoms with Crippen LogP contribution in [-0.2, 0) is 0 Å². The van der Waals surface area contributed by atoms with Crippen molar-refractivity contribution in [3.63, 3.8) is 0 Å². The predicted octanol–water partition coefficient (Wildman–Crippen LogP) is 13.1. The smallest absolute Gasteiger partial charge is 0.160 e. The van der Waals surface area contributed by atoms with Crippen molar-refractivity contribution in [2.24, 2.45) is 0 Å². The van der Waals surface area contributed by atoms with Crippen molar-refractivity contribution in [1.29, 1.82) is 0 Å². The Labute approximate surface area is 348 Å². The molecule has 0 saturated heterocycles. The maximum absolute atomic E-state index is 5.21. The third-order valence-electron chi connectivity index (χ3n) is 10.3. The van der Waals surface area contributed by atoms with Gasteiger partial charge in [0.2, 0.25) is 0 Å². The molecule has 0 aliphatic carbocycles. The van der Waals surface area contributed by atoms with Crippen LogP contribution in [-0.4, -0.2) is 29.9 Å². The summed E-state index contributed by atoms with van der Waals surface area (Å²) in [6.45, 7) is 0. The average molecular weight is 769 g/mol. The largest absolute Gasteiger partial charge is 0.246 e. The zero-order valence-corrected chi connectivity index (χ0v) is 32.5. The summed E-state index contributed by atoms with van der Waals surface area (Å²) >= 11 is 0. The number of benzene rings is 5. The van der Waals surface area contributed by atoms with E-state index in [2.05, 4.69) is 97.1 Å². The molecule has 0 bridgehead atoms. The zero-order chi connectivity index (χ0) is 40.1. The van der Waals surface area contributed by atoms with Crippen molar-refractivity contribution in [3.8, 4) is 102 Å².